The summed E-state index contributed by atoms with van der Waals surface area (Å²) in [6, 6.07) is 43.5. The average Bonchev–Trinajstić information content (AvgIpc) is 3.54. The fourth-order valence-corrected chi connectivity index (χ4v) is 5.70. The molecule has 0 aliphatic carbocycles. The Labute approximate surface area is 255 Å². The molecule has 43 heavy (non-hydrogen) atoms. The third-order valence-corrected chi connectivity index (χ3v) is 8.08. The standard InChI is InChI=1S/C40H39N3/c1-5-6-13-29-18-24-35(25-19-29)43-28-41-39(42-43)34-26-36(32-22-20-31(21-23-32)30-14-9-7-10-15-30)38(33-16-11-8-12-17-33)37(27-34)40(2,3)4/h7-12,14-28H,5-6,13H2,1-4H3. The van der Waals surface area contributed by atoms with Gasteiger partial charge in [0.25, 0.3) is 0 Å². The monoisotopic (exact) mass is 561 g/mol. The summed E-state index contributed by atoms with van der Waals surface area (Å²) >= 11 is 0. The van der Waals surface area contributed by atoms with Gasteiger partial charge >= 0.3 is 0 Å². The molecule has 0 radical (unpaired) electrons. The smallest absolute Gasteiger partial charge is 0.181 e. The highest BCUT2D eigenvalue weighted by atomic mass is 15.3. The predicted octanol–water partition coefficient (Wildman–Crippen LogP) is 10.6. The van der Waals surface area contributed by atoms with E-state index in [0.29, 0.717) is 0 Å². The summed E-state index contributed by atoms with van der Waals surface area (Å²) in [6.07, 6.45) is 5.34. The van der Waals surface area contributed by atoms with Crippen LogP contribution in [0.5, 0.6) is 0 Å². The molecule has 0 saturated carbocycles. The van der Waals surface area contributed by atoms with Gasteiger partial charge in [0.2, 0.25) is 0 Å². The second-order valence-electron chi connectivity index (χ2n) is 12.3. The van der Waals surface area contributed by atoms with Crippen LogP contribution >= 0.6 is 0 Å². The zero-order chi connectivity index (χ0) is 29.8. The molecule has 0 atom stereocenters. The van der Waals surface area contributed by atoms with Crippen LogP contribution in [0.3, 0.4) is 0 Å². The van der Waals surface area contributed by atoms with Gasteiger partial charge in [0.1, 0.15) is 6.33 Å². The van der Waals surface area contributed by atoms with E-state index in [4.69, 9.17) is 10.1 Å². The van der Waals surface area contributed by atoms with E-state index in [-0.39, 0.29) is 5.41 Å². The SMILES string of the molecule is CCCCc1ccc(-n2cnc(-c3cc(-c4ccc(-c5ccccc5)cc4)c(-c4ccccc4)c(C(C)(C)C)c3)n2)cc1. The Bertz CT molecular complexity index is 1790. The summed E-state index contributed by atoms with van der Waals surface area (Å²) in [5.41, 5.74) is 11.8. The molecule has 0 bridgehead atoms. The summed E-state index contributed by atoms with van der Waals surface area (Å²) in [7, 11) is 0. The summed E-state index contributed by atoms with van der Waals surface area (Å²) in [5.74, 6) is 0.724. The summed E-state index contributed by atoms with van der Waals surface area (Å²) in [4.78, 5) is 4.80. The Kier molecular flexibility index (Phi) is 8.07. The van der Waals surface area contributed by atoms with E-state index in [1.165, 1.54) is 57.3 Å². The van der Waals surface area contributed by atoms with Gasteiger partial charge in [0.05, 0.1) is 5.69 Å². The number of aromatic nitrogens is 3. The lowest BCUT2D eigenvalue weighted by Crippen LogP contribution is -2.14. The summed E-state index contributed by atoms with van der Waals surface area (Å²) in [6.45, 7) is 9.08. The van der Waals surface area contributed by atoms with Crippen molar-refractivity contribution in [3.63, 3.8) is 0 Å². The molecular weight excluding hydrogens is 522 g/mol. The Morgan fingerprint density at radius 1 is 0.628 bits per heavy atom. The van der Waals surface area contributed by atoms with Crippen molar-refractivity contribution in [2.45, 2.75) is 52.4 Å². The molecule has 3 nitrogen and oxygen atoms in total. The minimum Gasteiger partial charge on any atom is -0.220 e. The van der Waals surface area contributed by atoms with Crippen molar-refractivity contribution in [2.24, 2.45) is 0 Å². The van der Waals surface area contributed by atoms with Gasteiger partial charge in [0.15, 0.2) is 5.82 Å². The second kappa shape index (κ2) is 12.2. The van der Waals surface area contributed by atoms with E-state index < -0.39 is 0 Å². The van der Waals surface area contributed by atoms with E-state index in [0.717, 1.165) is 23.5 Å². The van der Waals surface area contributed by atoms with Gasteiger partial charge in [0, 0.05) is 5.56 Å². The lowest BCUT2D eigenvalue weighted by atomic mass is 9.77. The van der Waals surface area contributed by atoms with Crippen LogP contribution in [0.25, 0.3) is 50.5 Å². The first-order valence-electron chi connectivity index (χ1n) is 15.3. The second-order valence-corrected chi connectivity index (χ2v) is 12.3. The number of unbranched alkanes of at least 4 members (excludes halogenated alkanes) is 1. The maximum Gasteiger partial charge on any atom is 0.181 e. The highest BCUT2D eigenvalue weighted by Crippen LogP contribution is 2.43. The van der Waals surface area contributed by atoms with Crippen LogP contribution in [0, 0.1) is 0 Å². The Morgan fingerprint density at radius 3 is 1.86 bits per heavy atom. The Balaban J connectivity index is 1.47. The molecular formula is C40H39N3. The molecule has 0 saturated heterocycles. The van der Waals surface area contributed by atoms with Crippen molar-refractivity contribution >= 4 is 0 Å². The topological polar surface area (TPSA) is 30.7 Å². The van der Waals surface area contributed by atoms with Crippen LogP contribution in [0.4, 0.5) is 0 Å². The van der Waals surface area contributed by atoms with Crippen molar-refractivity contribution in [3.05, 3.63) is 139 Å². The minimum absolute atomic E-state index is 0.100. The van der Waals surface area contributed by atoms with Crippen molar-refractivity contribution < 1.29 is 0 Å². The van der Waals surface area contributed by atoms with Gasteiger partial charge < -0.3 is 0 Å². The Morgan fingerprint density at radius 2 is 1.23 bits per heavy atom. The third-order valence-electron chi connectivity index (χ3n) is 8.08. The molecule has 0 unspecified atom stereocenters. The maximum absolute atomic E-state index is 4.96. The van der Waals surface area contributed by atoms with Crippen LogP contribution in [0.2, 0.25) is 0 Å². The van der Waals surface area contributed by atoms with Crippen LogP contribution in [0.15, 0.2) is 128 Å². The van der Waals surface area contributed by atoms with E-state index in [2.05, 4.69) is 149 Å². The van der Waals surface area contributed by atoms with E-state index in [9.17, 15) is 0 Å². The molecule has 0 N–H and O–H groups in total. The van der Waals surface area contributed by atoms with Gasteiger partial charge in [-0.3, -0.25) is 0 Å². The minimum atomic E-state index is -0.100. The molecule has 0 aliphatic heterocycles. The van der Waals surface area contributed by atoms with E-state index in [1.807, 2.05) is 11.0 Å². The normalized spacial score (nSPS) is 11.5. The molecule has 0 fully saturated rings. The molecule has 5 aromatic carbocycles. The van der Waals surface area contributed by atoms with Crippen LogP contribution in [-0.4, -0.2) is 14.8 Å². The number of aryl methyl sites for hydroxylation is 1. The first-order valence-corrected chi connectivity index (χ1v) is 15.3. The van der Waals surface area contributed by atoms with Gasteiger partial charge in [-0.1, -0.05) is 131 Å². The quantitative estimate of drug-likeness (QED) is 0.185. The molecule has 0 aliphatic rings. The zero-order valence-corrected chi connectivity index (χ0v) is 25.6. The first kappa shape index (κ1) is 28.4. The zero-order valence-electron chi connectivity index (χ0n) is 25.6. The number of benzene rings is 5. The lowest BCUT2D eigenvalue weighted by Gasteiger charge is -2.27. The fourth-order valence-electron chi connectivity index (χ4n) is 5.70. The third kappa shape index (κ3) is 6.22. The van der Waals surface area contributed by atoms with Crippen LogP contribution in [-0.2, 0) is 11.8 Å². The molecule has 3 heteroatoms. The first-order chi connectivity index (χ1) is 20.9. The fraction of sp³-hybridized carbons (Fsp3) is 0.200. The highest BCUT2D eigenvalue weighted by Gasteiger charge is 2.24. The van der Waals surface area contributed by atoms with Gasteiger partial charge in [-0.05, 0) is 87.0 Å². The molecule has 0 amide bonds. The van der Waals surface area contributed by atoms with Crippen LogP contribution < -0.4 is 0 Å². The number of hydrogen-bond acceptors (Lipinski definition) is 2. The largest absolute Gasteiger partial charge is 0.220 e. The Hall–Kier alpha value is -4.76. The number of hydrogen-bond donors (Lipinski definition) is 0. The molecule has 214 valence electrons. The van der Waals surface area contributed by atoms with Crippen molar-refractivity contribution in [2.75, 3.05) is 0 Å². The molecule has 1 heterocycles. The number of nitrogens with zero attached hydrogens (tertiary/aromatic N) is 3. The van der Waals surface area contributed by atoms with Crippen molar-refractivity contribution in [1.82, 2.24) is 14.8 Å². The number of rotatable bonds is 8. The molecule has 6 rings (SSSR count). The van der Waals surface area contributed by atoms with Crippen molar-refractivity contribution in [3.8, 4) is 50.5 Å². The summed E-state index contributed by atoms with van der Waals surface area (Å²) in [5, 5.41) is 4.96. The average molecular weight is 562 g/mol. The van der Waals surface area contributed by atoms with E-state index in [1.54, 1.807) is 0 Å². The van der Waals surface area contributed by atoms with Crippen LogP contribution in [0.1, 0.15) is 51.7 Å². The van der Waals surface area contributed by atoms with Gasteiger partial charge in [-0.25, -0.2) is 9.67 Å². The highest BCUT2D eigenvalue weighted by molar-refractivity contribution is 5.90. The van der Waals surface area contributed by atoms with Crippen molar-refractivity contribution in [1.29, 1.82) is 0 Å². The molecule has 1 aromatic heterocycles. The molecule has 6 aromatic rings. The van der Waals surface area contributed by atoms with E-state index >= 15 is 0 Å². The van der Waals surface area contributed by atoms with Gasteiger partial charge in [-0.2, -0.15) is 0 Å². The summed E-state index contributed by atoms with van der Waals surface area (Å²) < 4.78 is 1.88. The predicted molar refractivity (Wildman–Crippen MR) is 180 cm³/mol. The maximum atomic E-state index is 4.96. The molecule has 0 spiro atoms. The van der Waals surface area contributed by atoms with Gasteiger partial charge in [-0.15, -0.1) is 5.10 Å². The lowest BCUT2D eigenvalue weighted by molar-refractivity contribution is 0.592.